The monoisotopic (exact) mass is 474 g/mol. The quantitative estimate of drug-likeness (QED) is 0.426. The number of aromatic nitrogens is 5. The van der Waals surface area contributed by atoms with E-state index in [0.29, 0.717) is 35.5 Å². The molecule has 1 aliphatic rings. The molecule has 1 atom stereocenters. The summed E-state index contributed by atoms with van der Waals surface area (Å²) in [6, 6.07) is 11.0. The van der Waals surface area contributed by atoms with Gasteiger partial charge in [0.2, 0.25) is 0 Å². The van der Waals surface area contributed by atoms with Crippen molar-refractivity contribution < 1.29 is 18.6 Å². The van der Waals surface area contributed by atoms with Crippen molar-refractivity contribution in [1.82, 2.24) is 24.6 Å². The zero-order valence-electron chi connectivity index (χ0n) is 18.5. The molecule has 176 valence electrons. The molecule has 3 aromatic heterocycles. The van der Waals surface area contributed by atoms with Gasteiger partial charge in [-0.1, -0.05) is 0 Å². The van der Waals surface area contributed by atoms with Gasteiger partial charge in [-0.05, 0) is 36.4 Å². The third kappa shape index (κ3) is 3.86. The zero-order chi connectivity index (χ0) is 23.9. The van der Waals surface area contributed by atoms with E-state index < -0.39 is 17.7 Å². The fraction of sp³-hybridized carbons (Fsp3) is 0.200. The first-order valence-electron chi connectivity index (χ1n) is 11.1. The Kier molecular flexibility index (Phi) is 5.31. The van der Waals surface area contributed by atoms with Crippen LogP contribution in [0.3, 0.4) is 0 Å². The van der Waals surface area contributed by atoms with Gasteiger partial charge in [0, 0.05) is 53.8 Å². The average molecular weight is 474 g/mol. The third-order valence-electron chi connectivity index (χ3n) is 6.19. The van der Waals surface area contributed by atoms with Gasteiger partial charge in [0.15, 0.2) is 5.65 Å². The summed E-state index contributed by atoms with van der Waals surface area (Å²) in [4.78, 5) is 15.0. The predicted molar refractivity (Wildman–Crippen MR) is 125 cm³/mol. The molecule has 0 saturated carbocycles. The molecule has 0 spiro atoms. The number of nitrogens with zero attached hydrogens (tertiary/aromatic N) is 6. The van der Waals surface area contributed by atoms with E-state index in [0.717, 1.165) is 24.8 Å². The number of anilines is 1. The van der Waals surface area contributed by atoms with Crippen LogP contribution in [-0.4, -0.2) is 56.0 Å². The van der Waals surface area contributed by atoms with E-state index in [1.54, 1.807) is 24.5 Å². The number of hydrogen-bond acceptors (Lipinski definition) is 7. The SMILES string of the molecule is O[C@H](c1ccc2nccn2n1)c1cc(-c2ncnc3cc(N4CCOCC4)ccc23)c(F)cc1F. The number of rotatable bonds is 4. The maximum absolute atomic E-state index is 15.0. The van der Waals surface area contributed by atoms with E-state index in [2.05, 4.69) is 25.0 Å². The lowest BCUT2D eigenvalue weighted by molar-refractivity contribution is 0.122. The van der Waals surface area contributed by atoms with E-state index in [9.17, 15) is 9.50 Å². The summed E-state index contributed by atoms with van der Waals surface area (Å²) in [6.45, 7) is 2.86. The van der Waals surface area contributed by atoms with E-state index in [4.69, 9.17) is 4.74 Å². The number of benzene rings is 2. The summed E-state index contributed by atoms with van der Waals surface area (Å²) in [6.07, 6.45) is 3.13. The highest BCUT2D eigenvalue weighted by Crippen LogP contribution is 2.34. The van der Waals surface area contributed by atoms with Gasteiger partial charge in [0.25, 0.3) is 0 Å². The molecular formula is C25H20F2N6O2. The highest BCUT2D eigenvalue weighted by atomic mass is 19.1. The second-order valence-electron chi connectivity index (χ2n) is 8.27. The largest absolute Gasteiger partial charge is 0.382 e. The van der Waals surface area contributed by atoms with Crippen LogP contribution in [0.1, 0.15) is 17.4 Å². The summed E-state index contributed by atoms with van der Waals surface area (Å²) in [5, 5.41) is 15.8. The Bertz CT molecular complexity index is 1550. The van der Waals surface area contributed by atoms with Gasteiger partial charge in [-0.3, -0.25) is 0 Å². The highest BCUT2D eigenvalue weighted by Gasteiger charge is 2.22. The molecule has 4 heterocycles. The van der Waals surface area contributed by atoms with Crippen molar-refractivity contribution in [1.29, 1.82) is 0 Å². The van der Waals surface area contributed by atoms with Gasteiger partial charge >= 0.3 is 0 Å². The van der Waals surface area contributed by atoms with Crippen LogP contribution in [0.15, 0.2) is 61.2 Å². The van der Waals surface area contributed by atoms with Crippen molar-refractivity contribution in [2.24, 2.45) is 0 Å². The normalized spacial score (nSPS) is 15.1. The topological polar surface area (TPSA) is 88.7 Å². The molecule has 2 aromatic carbocycles. The first-order chi connectivity index (χ1) is 17.1. The Hall–Kier alpha value is -4.02. The highest BCUT2D eigenvalue weighted by molar-refractivity contribution is 5.94. The lowest BCUT2D eigenvalue weighted by Crippen LogP contribution is -2.36. The molecule has 8 nitrogen and oxygen atoms in total. The Morgan fingerprint density at radius 2 is 1.80 bits per heavy atom. The molecule has 6 rings (SSSR count). The second-order valence-corrected chi connectivity index (χ2v) is 8.27. The van der Waals surface area contributed by atoms with Crippen LogP contribution < -0.4 is 4.90 Å². The molecule has 1 saturated heterocycles. The van der Waals surface area contributed by atoms with Crippen LogP contribution in [0.4, 0.5) is 14.5 Å². The minimum absolute atomic E-state index is 0.0654. The number of morpholine rings is 1. The van der Waals surface area contributed by atoms with Gasteiger partial charge in [-0.25, -0.2) is 28.2 Å². The fourth-order valence-electron chi connectivity index (χ4n) is 4.37. The van der Waals surface area contributed by atoms with Crippen LogP contribution in [0.2, 0.25) is 0 Å². The lowest BCUT2D eigenvalue weighted by atomic mass is 9.98. The first-order valence-corrected chi connectivity index (χ1v) is 11.1. The Morgan fingerprint density at radius 3 is 2.66 bits per heavy atom. The number of aliphatic hydroxyl groups excluding tert-OH is 1. The van der Waals surface area contributed by atoms with E-state index in [1.807, 2.05) is 18.2 Å². The van der Waals surface area contributed by atoms with Crippen LogP contribution in [0, 0.1) is 11.6 Å². The maximum atomic E-state index is 15.0. The number of ether oxygens (including phenoxy) is 1. The molecule has 1 N–H and O–H groups in total. The third-order valence-corrected chi connectivity index (χ3v) is 6.19. The molecule has 10 heteroatoms. The molecule has 5 aromatic rings. The average Bonchev–Trinajstić information content (AvgIpc) is 3.36. The van der Waals surface area contributed by atoms with E-state index in [1.165, 1.54) is 16.9 Å². The molecule has 35 heavy (non-hydrogen) atoms. The van der Waals surface area contributed by atoms with Crippen molar-refractivity contribution in [3.8, 4) is 11.3 Å². The molecule has 0 unspecified atom stereocenters. The number of halogens is 2. The number of hydrogen-bond donors (Lipinski definition) is 1. The summed E-state index contributed by atoms with van der Waals surface area (Å²) in [5.74, 6) is -1.66. The molecule has 0 bridgehead atoms. The molecule has 0 amide bonds. The summed E-state index contributed by atoms with van der Waals surface area (Å²) in [5.41, 5.74) is 2.69. The van der Waals surface area contributed by atoms with Crippen LogP contribution in [0.25, 0.3) is 27.8 Å². The van der Waals surface area contributed by atoms with Crippen molar-refractivity contribution in [3.63, 3.8) is 0 Å². The summed E-state index contributed by atoms with van der Waals surface area (Å²) < 4.78 is 36.7. The van der Waals surface area contributed by atoms with Crippen molar-refractivity contribution in [2.75, 3.05) is 31.2 Å². The van der Waals surface area contributed by atoms with E-state index in [-0.39, 0.29) is 16.8 Å². The zero-order valence-corrected chi connectivity index (χ0v) is 18.5. The maximum Gasteiger partial charge on any atom is 0.153 e. The standard InChI is InChI=1S/C25H20F2N6O2/c26-19-13-20(27)18(25(34)21-3-4-23-28-5-6-33(23)31-21)12-17(19)24-16-2-1-15(11-22(16)29-14-30-24)32-7-9-35-10-8-32/h1-6,11-14,25,34H,7-10H2/t25-/m0/s1. The van der Waals surface area contributed by atoms with Gasteiger partial charge in [0.1, 0.15) is 24.1 Å². The minimum atomic E-state index is -1.41. The molecule has 1 aliphatic heterocycles. The van der Waals surface area contributed by atoms with Gasteiger partial charge in [0.05, 0.1) is 30.1 Å². The van der Waals surface area contributed by atoms with Gasteiger partial charge in [-0.2, -0.15) is 5.10 Å². The van der Waals surface area contributed by atoms with Crippen LogP contribution >= 0.6 is 0 Å². The van der Waals surface area contributed by atoms with Gasteiger partial charge < -0.3 is 14.7 Å². The van der Waals surface area contributed by atoms with Crippen LogP contribution in [0.5, 0.6) is 0 Å². The van der Waals surface area contributed by atoms with Crippen LogP contribution in [-0.2, 0) is 4.74 Å². The van der Waals surface area contributed by atoms with Gasteiger partial charge in [-0.15, -0.1) is 0 Å². The lowest BCUT2D eigenvalue weighted by Gasteiger charge is -2.29. The molecule has 0 radical (unpaired) electrons. The summed E-state index contributed by atoms with van der Waals surface area (Å²) >= 11 is 0. The first kappa shape index (κ1) is 21.5. The Labute approximate surface area is 198 Å². The second kappa shape index (κ2) is 8.64. The fourth-order valence-corrected chi connectivity index (χ4v) is 4.37. The molecule has 1 fully saturated rings. The number of aliphatic hydroxyl groups is 1. The van der Waals surface area contributed by atoms with Crippen molar-refractivity contribution in [2.45, 2.75) is 6.10 Å². The number of fused-ring (bicyclic) bond motifs is 2. The van der Waals surface area contributed by atoms with Crippen molar-refractivity contribution in [3.05, 3.63) is 84.1 Å². The van der Waals surface area contributed by atoms with Crippen molar-refractivity contribution >= 4 is 22.2 Å². The predicted octanol–water partition coefficient (Wildman–Crippen LogP) is 3.54. The summed E-state index contributed by atoms with van der Waals surface area (Å²) in [7, 11) is 0. The molecular weight excluding hydrogens is 454 g/mol. The Morgan fingerprint density at radius 1 is 0.943 bits per heavy atom. The molecule has 0 aliphatic carbocycles. The van der Waals surface area contributed by atoms with E-state index >= 15 is 4.39 Å². The number of imidazole rings is 1. The Balaban J connectivity index is 1.42. The minimum Gasteiger partial charge on any atom is -0.382 e. The smallest absolute Gasteiger partial charge is 0.153 e.